The molecule has 2 amide bonds. The summed E-state index contributed by atoms with van der Waals surface area (Å²) >= 11 is 0. The number of nitrogens with one attached hydrogen (secondary N) is 1. The molecule has 0 saturated carbocycles. The minimum Gasteiger partial charge on any atom is -0.479 e. The molecule has 2 aliphatic rings. The molecule has 2 aliphatic heterocycles. The summed E-state index contributed by atoms with van der Waals surface area (Å²) in [6.45, 7) is 2.44. The number of hydrogen-bond donors (Lipinski definition) is 1. The number of carbonyl (C=O) groups excluding carboxylic acids is 2. The van der Waals surface area contributed by atoms with Crippen molar-refractivity contribution in [3.8, 4) is 5.75 Å². The summed E-state index contributed by atoms with van der Waals surface area (Å²) < 4.78 is 18.6. The van der Waals surface area contributed by atoms with E-state index < -0.39 is 0 Å². The molecule has 2 heterocycles. The molecule has 0 radical (unpaired) electrons. The van der Waals surface area contributed by atoms with Gasteiger partial charge in [0.15, 0.2) is 12.4 Å². The van der Waals surface area contributed by atoms with Gasteiger partial charge in [-0.25, -0.2) is 4.39 Å². The standard InChI is InChI=1S/C19H18FN3O3/c20-14-6-4-13(5-7-14)19(25)23-10-8-22(9-11-23)16-3-1-2-15-18(16)26-12-17(24)21-15/h1-7H,8-12H2,(H,21,24). The van der Waals surface area contributed by atoms with Gasteiger partial charge in [-0.2, -0.15) is 0 Å². The minimum absolute atomic E-state index is 0.00698. The number of nitrogens with zero attached hydrogens (tertiary/aromatic N) is 2. The van der Waals surface area contributed by atoms with Crippen molar-refractivity contribution >= 4 is 23.2 Å². The number of piperazine rings is 1. The Labute approximate surface area is 150 Å². The Bertz CT molecular complexity index is 846. The number of carbonyl (C=O) groups is 2. The zero-order chi connectivity index (χ0) is 18.1. The Hall–Kier alpha value is -3.09. The second-order valence-electron chi connectivity index (χ2n) is 6.28. The van der Waals surface area contributed by atoms with E-state index in [0.29, 0.717) is 43.2 Å². The van der Waals surface area contributed by atoms with Crippen LogP contribution in [0.5, 0.6) is 5.75 Å². The van der Waals surface area contributed by atoms with Gasteiger partial charge in [0.1, 0.15) is 5.82 Å². The van der Waals surface area contributed by atoms with Gasteiger partial charge in [0.05, 0.1) is 11.4 Å². The van der Waals surface area contributed by atoms with Crippen LogP contribution in [0.15, 0.2) is 42.5 Å². The van der Waals surface area contributed by atoms with Crippen LogP contribution in [-0.2, 0) is 4.79 Å². The van der Waals surface area contributed by atoms with Crippen molar-refractivity contribution in [2.24, 2.45) is 0 Å². The van der Waals surface area contributed by atoms with Crippen molar-refractivity contribution < 1.29 is 18.7 Å². The number of anilines is 2. The monoisotopic (exact) mass is 355 g/mol. The highest BCUT2D eigenvalue weighted by atomic mass is 19.1. The number of amides is 2. The van der Waals surface area contributed by atoms with E-state index in [1.807, 2.05) is 18.2 Å². The van der Waals surface area contributed by atoms with E-state index in [4.69, 9.17) is 4.74 Å². The summed E-state index contributed by atoms with van der Waals surface area (Å²) in [5.74, 6) is 0.0605. The fourth-order valence-electron chi connectivity index (χ4n) is 3.27. The van der Waals surface area contributed by atoms with Crippen molar-refractivity contribution in [1.29, 1.82) is 0 Å². The summed E-state index contributed by atoms with van der Waals surface area (Å²) in [5, 5.41) is 2.81. The lowest BCUT2D eigenvalue weighted by Crippen LogP contribution is -2.49. The Morgan fingerprint density at radius 1 is 1.04 bits per heavy atom. The third-order valence-electron chi connectivity index (χ3n) is 4.61. The van der Waals surface area contributed by atoms with Crippen LogP contribution in [0.3, 0.4) is 0 Å². The molecule has 1 N–H and O–H groups in total. The fraction of sp³-hybridized carbons (Fsp3) is 0.263. The lowest BCUT2D eigenvalue weighted by molar-refractivity contribution is -0.118. The molecule has 1 saturated heterocycles. The van der Waals surface area contributed by atoms with Crippen LogP contribution in [-0.4, -0.2) is 49.5 Å². The highest BCUT2D eigenvalue weighted by Crippen LogP contribution is 2.38. The van der Waals surface area contributed by atoms with Crippen molar-refractivity contribution in [2.45, 2.75) is 0 Å². The van der Waals surface area contributed by atoms with Gasteiger partial charge in [-0.05, 0) is 36.4 Å². The van der Waals surface area contributed by atoms with Crippen LogP contribution in [0.1, 0.15) is 10.4 Å². The second-order valence-corrected chi connectivity index (χ2v) is 6.28. The van der Waals surface area contributed by atoms with Gasteiger partial charge in [-0.15, -0.1) is 0 Å². The average molecular weight is 355 g/mol. The fourth-order valence-corrected chi connectivity index (χ4v) is 3.27. The lowest BCUT2D eigenvalue weighted by atomic mass is 10.1. The van der Waals surface area contributed by atoms with Crippen LogP contribution in [0.4, 0.5) is 15.8 Å². The quantitative estimate of drug-likeness (QED) is 0.896. The molecule has 0 unspecified atom stereocenters. The van der Waals surface area contributed by atoms with E-state index in [1.54, 1.807) is 4.90 Å². The SMILES string of the molecule is O=C1COc2c(cccc2N2CCN(C(=O)c3ccc(F)cc3)CC2)N1. The normalized spacial score (nSPS) is 16.6. The molecule has 0 aromatic heterocycles. The van der Waals surface area contributed by atoms with Crippen molar-refractivity contribution in [3.05, 3.63) is 53.8 Å². The van der Waals surface area contributed by atoms with Gasteiger partial charge in [0.25, 0.3) is 11.8 Å². The number of halogens is 1. The van der Waals surface area contributed by atoms with Gasteiger partial charge in [0.2, 0.25) is 0 Å². The van der Waals surface area contributed by atoms with E-state index in [-0.39, 0.29) is 24.2 Å². The molecule has 2 aromatic carbocycles. The number of para-hydroxylation sites is 1. The van der Waals surface area contributed by atoms with Crippen LogP contribution < -0.4 is 15.0 Å². The maximum atomic E-state index is 13.0. The molecule has 2 aromatic rings. The van der Waals surface area contributed by atoms with E-state index >= 15 is 0 Å². The molecule has 1 fully saturated rings. The smallest absolute Gasteiger partial charge is 0.262 e. The number of ether oxygens (including phenoxy) is 1. The number of fused-ring (bicyclic) bond motifs is 1. The summed E-state index contributed by atoms with van der Waals surface area (Å²) in [6, 6.07) is 11.2. The molecule has 0 aliphatic carbocycles. The van der Waals surface area contributed by atoms with Gasteiger partial charge in [-0.1, -0.05) is 6.07 Å². The molecular formula is C19H18FN3O3. The molecule has 7 heteroatoms. The second kappa shape index (κ2) is 6.67. The van der Waals surface area contributed by atoms with Crippen LogP contribution >= 0.6 is 0 Å². The van der Waals surface area contributed by atoms with E-state index in [0.717, 1.165) is 5.69 Å². The minimum atomic E-state index is -0.354. The first-order chi connectivity index (χ1) is 12.6. The molecule has 4 rings (SSSR count). The highest BCUT2D eigenvalue weighted by Gasteiger charge is 2.26. The molecule has 0 spiro atoms. The molecule has 0 bridgehead atoms. The maximum Gasteiger partial charge on any atom is 0.262 e. The molecular weight excluding hydrogens is 337 g/mol. The van der Waals surface area contributed by atoms with Gasteiger partial charge in [-0.3, -0.25) is 9.59 Å². The van der Waals surface area contributed by atoms with Crippen molar-refractivity contribution in [3.63, 3.8) is 0 Å². The first-order valence-corrected chi connectivity index (χ1v) is 8.47. The third kappa shape index (κ3) is 3.08. The van der Waals surface area contributed by atoms with Gasteiger partial charge >= 0.3 is 0 Å². The molecule has 26 heavy (non-hydrogen) atoms. The Morgan fingerprint density at radius 2 is 1.77 bits per heavy atom. The highest BCUT2D eigenvalue weighted by molar-refractivity contribution is 5.97. The Balaban J connectivity index is 1.46. The van der Waals surface area contributed by atoms with Gasteiger partial charge < -0.3 is 19.9 Å². The lowest BCUT2D eigenvalue weighted by Gasteiger charge is -2.37. The molecule has 6 nitrogen and oxygen atoms in total. The van der Waals surface area contributed by atoms with Crippen LogP contribution in [0.2, 0.25) is 0 Å². The van der Waals surface area contributed by atoms with Crippen molar-refractivity contribution in [1.82, 2.24) is 4.90 Å². The predicted octanol–water partition coefficient (Wildman–Crippen LogP) is 2.12. The van der Waals surface area contributed by atoms with E-state index in [1.165, 1.54) is 24.3 Å². The third-order valence-corrected chi connectivity index (χ3v) is 4.61. The van der Waals surface area contributed by atoms with Crippen LogP contribution in [0, 0.1) is 5.82 Å². The van der Waals surface area contributed by atoms with Crippen LogP contribution in [0.25, 0.3) is 0 Å². The summed E-state index contributed by atoms with van der Waals surface area (Å²) in [7, 11) is 0. The Morgan fingerprint density at radius 3 is 2.50 bits per heavy atom. The molecule has 134 valence electrons. The Kier molecular flexibility index (Phi) is 4.20. The first-order valence-electron chi connectivity index (χ1n) is 8.47. The summed E-state index contributed by atoms with van der Waals surface area (Å²) in [6.07, 6.45) is 0. The molecule has 0 atom stereocenters. The first kappa shape index (κ1) is 16.4. The number of rotatable bonds is 2. The van der Waals surface area contributed by atoms with E-state index in [9.17, 15) is 14.0 Å². The summed E-state index contributed by atoms with van der Waals surface area (Å²) in [4.78, 5) is 27.9. The number of hydrogen-bond acceptors (Lipinski definition) is 4. The number of benzene rings is 2. The average Bonchev–Trinajstić information content (AvgIpc) is 2.67. The summed E-state index contributed by atoms with van der Waals surface area (Å²) in [5.41, 5.74) is 2.07. The van der Waals surface area contributed by atoms with Crippen molar-refractivity contribution in [2.75, 3.05) is 43.0 Å². The zero-order valence-corrected chi connectivity index (χ0v) is 14.1. The maximum absolute atomic E-state index is 13.0. The van der Waals surface area contributed by atoms with Gasteiger partial charge in [0, 0.05) is 31.7 Å². The largest absolute Gasteiger partial charge is 0.479 e. The topological polar surface area (TPSA) is 61.9 Å². The van der Waals surface area contributed by atoms with E-state index in [2.05, 4.69) is 10.2 Å². The zero-order valence-electron chi connectivity index (χ0n) is 14.1. The predicted molar refractivity (Wildman–Crippen MR) is 95.1 cm³/mol.